The minimum Gasteiger partial charge on any atom is -0.463 e. The third-order valence-corrected chi connectivity index (χ3v) is 3.82. The summed E-state index contributed by atoms with van der Waals surface area (Å²) in [6, 6.07) is 0. The maximum absolute atomic E-state index is 11.4. The molecular formula is C18H29NO9. The van der Waals surface area contributed by atoms with Crippen LogP contribution in [0.3, 0.4) is 0 Å². The van der Waals surface area contributed by atoms with Crippen LogP contribution in [0, 0.1) is 0 Å². The maximum atomic E-state index is 11.4. The molecule has 0 aliphatic carbocycles. The van der Waals surface area contributed by atoms with Crippen LogP contribution in [0.1, 0.15) is 47.0 Å². The van der Waals surface area contributed by atoms with Gasteiger partial charge in [-0.25, -0.2) is 0 Å². The molecule has 0 aromatic rings. The molecule has 0 spiro atoms. The number of hydrogen-bond acceptors (Lipinski definition) is 9. The van der Waals surface area contributed by atoms with Crippen molar-refractivity contribution < 1.29 is 42.9 Å². The Labute approximate surface area is 164 Å². The molecule has 0 radical (unpaired) electrons. The van der Waals surface area contributed by atoms with E-state index in [1.807, 2.05) is 0 Å². The topological polar surface area (TPSA) is 126 Å². The molecule has 1 saturated heterocycles. The number of nitrogens with one attached hydrogen (secondary N) is 1. The zero-order valence-electron chi connectivity index (χ0n) is 16.7. The first-order valence-electron chi connectivity index (χ1n) is 9.24. The van der Waals surface area contributed by atoms with Gasteiger partial charge in [0.2, 0.25) is 5.91 Å². The average molecular weight is 403 g/mol. The van der Waals surface area contributed by atoms with Crippen molar-refractivity contribution in [3.63, 3.8) is 0 Å². The van der Waals surface area contributed by atoms with E-state index in [1.54, 1.807) is 6.92 Å². The Balaban J connectivity index is 2.70. The molecule has 1 aliphatic heterocycles. The van der Waals surface area contributed by atoms with Crippen LogP contribution in [-0.4, -0.2) is 68.2 Å². The monoisotopic (exact) mass is 403 g/mol. The molecule has 1 aliphatic rings. The van der Waals surface area contributed by atoms with Crippen molar-refractivity contribution in [3.05, 3.63) is 0 Å². The highest BCUT2D eigenvalue weighted by Gasteiger charge is 2.44. The third kappa shape index (κ3) is 9.14. The standard InChI is InChI=1S/C18H29NO9/c1-5-16(23)19-7-6-8-24-17-9-14(26-12(3)21)18(27-13(4)22)15(28-17)10-25-11(2)20/h14-15,17-18H,5-10H2,1-4H3,(H,19,23)/t14-,15-,17-,18-/m1/s1. The minimum absolute atomic E-state index is 0.0468. The van der Waals surface area contributed by atoms with Gasteiger partial charge in [0.15, 0.2) is 12.4 Å². The smallest absolute Gasteiger partial charge is 0.303 e. The molecule has 1 rings (SSSR count). The molecular weight excluding hydrogens is 374 g/mol. The average Bonchev–Trinajstić information content (AvgIpc) is 2.60. The van der Waals surface area contributed by atoms with Crippen LogP contribution in [0.4, 0.5) is 0 Å². The van der Waals surface area contributed by atoms with E-state index < -0.39 is 42.5 Å². The molecule has 1 amide bonds. The summed E-state index contributed by atoms with van der Waals surface area (Å²) in [5.41, 5.74) is 0. The van der Waals surface area contributed by atoms with E-state index in [2.05, 4.69) is 5.32 Å². The van der Waals surface area contributed by atoms with Crippen molar-refractivity contribution >= 4 is 23.8 Å². The van der Waals surface area contributed by atoms with Gasteiger partial charge in [0.1, 0.15) is 18.8 Å². The van der Waals surface area contributed by atoms with Gasteiger partial charge in [-0.3, -0.25) is 19.2 Å². The fourth-order valence-corrected chi connectivity index (χ4v) is 2.64. The van der Waals surface area contributed by atoms with E-state index in [4.69, 9.17) is 23.7 Å². The van der Waals surface area contributed by atoms with Crippen LogP contribution in [0.25, 0.3) is 0 Å². The Morgan fingerprint density at radius 1 is 1.04 bits per heavy atom. The first-order valence-corrected chi connectivity index (χ1v) is 9.24. The first kappa shape index (κ1) is 23.8. The summed E-state index contributed by atoms with van der Waals surface area (Å²) in [5, 5.41) is 2.73. The third-order valence-electron chi connectivity index (χ3n) is 3.82. The summed E-state index contributed by atoms with van der Waals surface area (Å²) in [6.45, 7) is 6.04. The number of rotatable bonds is 10. The van der Waals surface area contributed by atoms with Gasteiger partial charge in [0, 0.05) is 40.2 Å². The molecule has 10 heteroatoms. The number of hydrogen-bond donors (Lipinski definition) is 1. The zero-order valence-corrected chi connectivity index (χ0v) is 16.7. The van der Waals surface area contributed by atoms with Crippen molar-refractivity contribution in [1.29, 1.82) is 0 Å². The molecule has 10 nitrogen and oxygen atoms in total. The summed E-state index contributed by atoms with van der Waals surface area (Å²) >= 11 is 0. The highest BCUT2D eigenvalue weighted by molar-refractivity contribution is 5.75. The van der Waals surface area contributed by atoms with Gasteiger partial charge in [0.05, 0.1) is 6.61 Å². The maximum Gasteiger partial charge on any atom is 0.303 e. The highest BCUT2D eigenvalue weighted by Crippen LogP contribution is 2.27. The molecule has 160 valence electrons. The van der Waals surface area contributed by atoms with E-state index in [1.165, 1.54) is 20.8 Å². The fourth-order valence-electron chi connectivity index (χ4n) is 2.64. The van der Waals surface area contributed by atoms with Gasteiger partial charge in [-0.1, -0.05) is 6.92 Å². The van der Waals surface area contributed by atoms with Gasteiger partial charge >= 0.3 is 17.9 Å². The molecule has 4 atom stereocenters. The van der Waals surface area contributed by atoms with Crippen molar-refractivity contribution in [2.45, 2.75) is 71.6 Å². The summed E-state index contributed by atoms with van der Waals surface area (Å²) in [6.07, 6.45) is -2.22. The number of carbonyl (C=O) groups excluding carboxylic acids is 4. The van der Waals surface area contributed by atoms with E-state index in [0.717, 1.165) is 0 Å². The van der Waals surface area contributed by atoms with E-state index in [9.17, 15) is 19.2 Å². The van der Waals surface area contributed by atoms with Gasteiger partial charge in [-0.05, 0) is 6.42 Å². The molecule has 0 aromatic heterocycles. The van der Waals surface area contributed by atoms with Gasteiger partial charge in [0.25, 0.3) is 0 Å². The van der Waals surface area contributed by atoms with Crippen LogP contribution < -0.4 is 5.32 Å². The van der Waals surface area contributed by atoms with E-state index in [-0.39, 0.29) is 18.9 Å². The second-order valence-electron chi connectivity index (χ2n) is 6.29. The molecule has 1 fully saturated rings. The molecule has 1 N–H and O–H groups in total. The summed E-state index contributed by atoms with van der Waals surface area (Å²) in [4.78, 5) is 45.2. The molecule has 28 heavy (non-hydrogen) atoms. The molecule has 0 saturated carbocycles. The zero-order chi connectivity index (χ0) is 21.1. The summed E-state index contributed by atoms with van der Waals surface area (Å²) < 4.78 is 26.9. The Morgan fingerprint density at radius 2 is 1.71 bits per heavy atom. The van der Waals surface area contributed by atoms with Gasteiger partial charge < -0.3 is 29.0 Å². The second kappa shape index (κ2) is 12.3. The lowest BCUT2D eigenvalue weighted by molar-refractivity contribution is -0.266. The second-order valence-corrected chi connectivity index (χ2v) is 6.29. The molecule has 0 aromatic carbocycles. The molecule has 0 unspecified atom stereocenters. The lowest BCUT2D eigenvalue weighted by atomic mass is 10.0. The van der Waals surface area contributed by atoms with Crippen molar-refractivity contribution in [2.75, 3.05) is 19.8 Å². The van der Waals surface area contributed by atoms with Crippen LogP contribution in [0.2, 0.25) is 0 Å². The Kier molecular flexibility index (Phi) is 10.5. The van der Waals surface area contributed by atoms with Gasteiger partial charge in [-0.15, -0.1) is 0 Å². The van der Waals surface area contributed by atoms with Crippen LogP contribution in [0.5, 0.6) is 0 Å². The van der Waals surface area contributed by atoms with Crippen LogP contribution in [-0.2, 0) is 42.9 Å². The quantitative estimate of drug-likeness (QED) is 0.314. The normalized spacial score (nSPS) is 24.1. The largest absolute Gasteiger partial charge is 0.463 e. The van der Waals surface area contributed by atoms with Gasteiger partial charge in [-0.2, -0.15) is 0 Å². The Morgan fingerprint density at radius 3 is 2.29 bits per heavy atom. The minimum atomic E-state index is -0.926. The van der Waals surface area contributed by atoms with Crippen molar-refractivity contribution in [1.82, 2.24) is 5.32 Å². The molecule has 1 heterocycles. The molecule has 0 bridgehead atoms. The fraction of sp³-hybridized carbons (Fsp3) is 0.778. The van der Waals surface area contributed by atoms with Crippen LogP contribution in [0.15, 0.2) is 0 Å². The number of ether oxygens (including phenoxy) is 5. The highest BCUT2D eigenvalue weighted by atomic mass is 16.7. The number of esters is 3. The lowest BCUT2D eigenvalue weighted by Crippen LogP contribution is -2.54. The predicted octanol–water partition coefficient (Wildman–Crippen LogP) is 0.461. The number of amides is 1. The van der Waals surface area contributed by atoms with Crippen molar-refractivity contribution in [3.8, 4) is 0 Å². The van der Waals surface area contributed by atoms with Crippen molar-refractivity contribution in [2.24, 2.45) is 0 Å². The van der Waals surface area contributed by atoms with E-state index >= 15 is 0 Å². The van der Waals surface area contributed by atoms with Crippen LogP contribution >= 0.6 is 0 Å². The Bertz CT molecular complexity index is 551. The lowest BCUT2D eigenvalue weighted by Gasteiger charge is -2.39. The SMILES string of the molecule is CCC(=O)NCCCO[C@H]1C[C@@H](OC(C)=O)[C@@H](OC(C)=O)[C@@H](COC(C)=O)O1. The summed E-state index contributed by atoms with van der Waals surface area (Å²) in [5.74, 6) is -1.70. The van der Waals surface area contributed by atoms with E-state index in [0.29, 0.717) is 26.0 Å². The number of carbonyl (C=O) groups is 4. The first-order chi connectivity index (χ1) is 13.2. The summed E-state index contributed by atoms with van der Waals surface area (Å²) in [7, 11) is 0. The predicted molar refractivity (Wildman–Crippen MR) is 94.9 cm³/mol. The Hall–Kier alpha value is -2.20.